The van der Waals surface area contributed by atoms with Gasteiger partial charge in [-0.15, -0.1) is 11.8 Å². The van der Waals surface area contributed by atoms with Crippen LogP contribution in [-0.4, -0.2) is 76.4 Å². The maximum absolute atomic E-state index is 14.1. The first-order valence-electron chi connectivity index (χ1n) is 14.1. The fourth-order valence-electron chi connectivity index (χ4n) is 5.44. The summed E-state index contributed by atoms with van der Waals surface area (Å²) in [6.45, 7) is 6.45. The number of hydrogen-bond donors (Lipinski definition) is 0. The Morgan fingerprint density at radius 3 is 2.17 bits per heavy atom. The van der Waals surface area contributed by atoms with Gasteiger partial charge in [-0.3, -0.25) is 14.5 Å². The Hall–Kier alpha value is -3.40. The van der Waals surface area contributed by atoms with Crippen molar-refractivity contribution in [2.45, 2.75) is 29.6 Å². The summed E-state index contributed by atoms with van der Waals surface area (Å²) < 4.78 is 16.3. The summed E-state index contributed by atoms with van der Waals surface area (Å²) in [6.07, 6.45) is -0.207. The average molecular weight is 610 g/mol. The highest BCUT2D eigenvalue weighted by Crippen LogP contribution is 2.47. The van der Waals surface area contributed by atoms with E-state index < -0.39 is 17.3 Å². The summed E-state index contributed by atoms with van der Waals surface area (Å²) in [4.78, 5) is 33.8. The number of esters is 1. The van der Waals surface area contributed by atoms with Crippen LogP contribution in [0.4, 0.5) is 11.4 Å². The number of hydrogen-bond acceptors (Lipinski definition) is 8. The Labute approximate surface area is 256 Å². The molecule has 2 aliphatic rings. The van der Waals surface area contributed by atoms with Crippen LogP contribution in [0.2, 0.25) is 5.02 Å². The Bertz CT molecular complexity index is 1380. The Balaban J connectivity index is 1.29. The van der Waals surface area contributed by atoms with Crippen LogP contribution >= 0.6 is 23.4 Å². The first-order valence-corrected chi connectivity index (χ1v) is 15.3. The number of nitrogens with zero attached hydrogens (tertiary/aromatic N) is 3. The molecule has 1 amide bonds. The maximum Gasteiger partial charge on any atom is 0.303 e. The first kappa shape index (κ1) is 30.1. The van der Waals surface area contributed by atoms with E-state index in [-0.39, 0.29) is 5.91 Å². The fraction of sp³-hybridized carbons (Fsp3) is 0.375. The number of thioether (sulfide) groups is 1. The van der Waals surface area contributed by atoms with Crippen LogP contribution in [0.25, 0.3) is 0 Å². The first-order chi connectivity index (χ1) is 20.4. The molecule has 0 aliphatic carbocycles. The van der Waals surface area contributed by atoms with Crippen molar-refractivity contribution in [2.75, 3.05) is 63.3 Å². The quantitative estimate of drug-likeness (QED) is 0.287. The molecule has 222 valence electrons. The third-order valence-corrected chi connectivity index (χ3v) is 9.24. The summed E-state index contributed by atoms with van der Waals surface area (Å²) in [7, 11) is 3.28. The summed E-state index contributed by atoms with van der Waals surface area (Å²) in [6, 6.07) is 21.3. The number of benzene rings is 3. The predicted molar refractivity (Wildman–Crippen MR) is 167 cm³/mol. The van der Waals surface area contributed by atoms with Gasteiger partial charge < -0.3 is 24.0 Å². The van der Waals surface area contributed by atoms with Gasteiger partial charge in [0.2, 0.25) is 0 Å². The lowest BCUT2D eigenvalue weighted by atomic mass is 10.1. The zero-order valence-electron chi connectivity index (χ0n) is 24.1. The summed E-state index contributed by atoms with van der Waals surface area (Å²) in [5.74, 6) is 0.839. The third-order valence-electron chi connectivity index (χ3n) is 7.65. The smallest absolute Gasteiger partial charge is 0.303 e. The van der Waals surface area contributed by atoms with Crippen molar-refractivity contribution in [1.29, 1.82) is 0 Å². The summed E-state index contributed by atoms with van der Waals surface area (Å²) in [5, 5.41) is 0.142. The maximum atomic E-state index is 14.1. The lowest BCUT2D eigenvalue weighted by Crippen LogP contribution is -2.47. The minimum atomic E-state index is -0.986. The van der Waals surface area contributed by atoms with Crippen molar-refractivity contribution < 1.29 is 23.8 Å². The van der Waals surface area contributed by atoms with E-state index >= 15 is 0 Å². The van der Waals surface area contributed by atoms with E-state index in [9.17, 15) is 9.59 Å². The number of piperazine rings is 1. The van der Waals surface area contributed by atoms with Gasteiger partial charge in [0.15, 0.2) is 6.10 Å². The molecule has 1 fully saturated rings. The van der Waals surface area contributed by atoms with Crippen LogP contribution in [0.1, 0.15) is 24.2 Å². The highest BCUT2D eigenvalue weighted by atomic mass is 35.5. The number of amides is 1. The molecule has 0 spiro atoms. The molecular formula is C32H36ClN3O5S. The van der Waals surface area contributed by atoms with E-state index in [1.54, 1.807) is 25.2 Å². The van der Waals surface area contributed by atoms with Gasteiger partial charge in [0.1, 0.15) is 11.5 Å². The van der Waals surface area contributed by atoms with E-state index in [1.807, 2.05) is 48.5 Å². The van der Waals surface area contributed by atoms with Gasteiger partial charge in [-0.1, -0.05) is 23.7 Å². The number of fused-ring (bicyclic) bond motifs is 1. The van der Waals surface area contributed by atoms with Gasteiger partial charge in [0.05, 0.1) is 25.2 Å². The number of methoxy groups -OCH3 is 2. The molecular weight excluding hydrogens is 574 g/mol. The number of ether oxygens (including phenoxy) is 3. The molecule has 0 aromatic heterocycles. The highest BCUT2D eigenvalue weighted by molar-refractivity contribution is 7.99. The summed E-state index contributed by atoms with van der Waals surface area (Å²) in [5.41, 5.74) is 2.84. The van der Waals surface area contributed by atoms with Crippen molar-refractivity contribution in [2.24, 2.45) is 0 Å². The minimum absolute atomic E-state index is 0.232. The van der Waals surface area contributed by atoms with Crippen LogP contribution < -0.4 is 19.3 Å². The van der Waals surface area contributed by atoms with Crippen LogP contribution in [0.15, 0.2) is 71.6 Å². The van der Waals surface area contributed by atoms with Gasteiger partial charge in [0, 0.05) is 55.3 Å². The molecule has 0 saturated carbocycles. The third kappa shape index (κ3) is 6.97. The second kappa shape index (κ2) is 13.7. The standard InChI is InChI=1S/C32H36ClN3O5S/c1-22(37)41-30-31(23-5-10-26(39-2)11-6-23)42-29-21-24(33)7-14-28(29)36(32(30)38)16-4-15-34-17-19-35(20-18-34)25-8-12-27(40-3)13-9-25/h5-14,21,30-31H,4,15-20H2,1-3H3/t30?,31-/m0/s1. The second-order valence-corrected chi connectivity index (χ2v) is 11.9. The number of carbonyl (C=O) groups is 2. The normalized spacial score (nSPS) is 19.2. The van der Waals surface area contributed by atoms with Crippen molar-refractivity contribution in [3.05, 3.63) is 77.3 Å². The van der Waals surface area contributed by atoms with E-state index in [1.165, 1.54) is 24.4 Å². The Morgan fingerprint density at radius 2 is 1.55 bits per heavy atom. The van der Waals surface area contributed by atoms with E-state index in [4.69, 9.17) is 25.8 Å². The number of anilines is 2. The zero-order valence-corrected chi connectivity index (χ0v) is 25.7. The molecule has 0 bridgehead atoms. The van der Waals surface area contributed by atoms with Gasteiger partial charge in [0.25, 0.3) is 5.91 Å². The largest absolute Gasteiger partial charge is 0.497 e. The lowest BCUT2D eigenvalue weighted by molar-refractivity contribution is -0.152. The molecule has 1 saturated heterocycles. The van der Waals surface area contributed by atoms with Crippen molar-refractivity contribution in [3.63, 3.8) is 0 Å². The Kier molecular flexibility index (Phi) is 9.82. The van der Waals surface area contributed by atoms with Gasteiger partial charge in [-0.2, -0.15) is 0 Å². The topological polar surface area (TPSA) is 71.6 Å². The van der Waals surface area contributed by atoms with Crippen LogP contribution in [0, 0.1) is 0 Å². The van der Waals surface area contributed by atoms with E-state index in [2.05, 4.69) is 21.9 Å². The molecule has 8 nitrogen and oxygen atoms in total. The van der Waals surface area contributed by atoms with E-state index in [0.29, 0.717) is 17.3 Å². The molecule has 2 heterocycles. The van der Waals surface area contributed by atoms with E-state index in [0.717, 1.165) is 61.0 Å². The Morgan fingerprint density at radius 1 is 0.905 bits per heavy atom. The van der Waals surface area contributed by atoms with Gasteiger partial charge >= 0.3 is 5.97 Å². The minimum Gasteiger partial charge on any atom is -0.497 e. The molecule has 5 rings (SSSR count). The fourth-order valence-corrected chi connectivity index (χ4v) is 7.03. The number of rotatable bonds is 9. The predicted octanol–water partition coefficient (Wildman–Crippen LogP) is 5.68. The van der Waals surface area contributed by atoms with Crippen LogP contribution in [0.3, 0.4) is 0 Å². The molecule has 1 unspecified atom stereocenters. The molecule has 10 heteroatoms. The van der Waals surface area contributed by atoms with Crippen LogP contribution in [-0.2, 0) is 14.3 Å². The average Bonchev–Trinajstić information content (AvgIpc) is 3.11. The monoisotopic (exact) mass is 609 g/mol. The second-order valence-electron chi connectivity index (χ2n) is 10.3. The van der Waals surface area contributed by atoms with Gasteiger partial charge in [-0.05, 0) is 73.1 Å². The van der Waals surface area contributed by atoms with Crippen LogP contribution in [0.5, 0.6) is 11.5 Å². The molecule has 0 radical (unpaired) electrons. The van der Waals surface area contributed by atoms with Gasteiger partial charge in [-0.25, -0.2) is 0 Å². The van der Waals surface area contributed by atoms with Crippen molar-refractivity contribution >= 4 is 46.6 Å². The summed E-state index contributed by atoms with van der Waals surface area (Å²) >= 11 is 7.90. The SMILES string of the molecule is COc1ccc([C@@H]2Sc3cc(Cl)ccc3N(CCCN3CCN(c4ccc(OC)cc4)CC3)C(=O)C2OC(C)=O)cc1. The van der Waals surface area contributed by atoms with Crippen molar-refractivity contribution in [3.8, 4) is 11.5 Å². The molecule has 3 aromatic carbocycles. The number of halogens is 1. The molecule has 2 aliphatic heterocycles. The number of carbonyl (C=O) groups excluding carboxylic acids is 2. The van der Waals surface area contributed by atoms with Crippen molar-refractivity contribution in [1.82, 2.24) is 4.90 Å². The highest BCUT2D eigenvalue weighted by Gasteiger charge is 2.41. The lowest BCUT2D eigenvalue weighted by Gasteiger charge is -2.36. The molecule has 2 atom stereocenters. The zero-order chi connectivity index (χ0) is 29.6. The molecule has 0 N–H and O–H groups in total. The molecule has 42 heavy (non-hydrogen) atoms. The molecule has 3 aromatic rings.